The van der Waals surface area contributed by atoms with E-state index in [1.54, 1.807) is 12.0 Å². The molecule has 0 radical (unpaired) electrons. The van der Waals surface area contributed by atoms with E-state index < -0.39 is 0 Å². The lowest BCUT2D eigenvalue weighted by atomic mass is 9.92. The Labute approximate surface area is 181 Å². The number of carbonyl (C=O) groups is 2. The highest BCUT2D eigenvalue weighted by Gasteiger charge is 2.38. The molecule has 1 N–H and O–H groups in total. The Bertz CT molecular complexity index is 1080. The molecular weight excluding hydrogens is 390 g/mol. The number of anilines is 1. The second-order valence-electron chi connectivity index (χ2n) is 8.52. The van der Waals surface area contributed by atoms with Crippen molar-refractivity contribution in [2.24, 2.45) is 5.92 Å². The number of ether oxygens (including phenoxy) is 1. The quantitative estimate of drug-likeness (QED) is 0.699. The van der Waals surface area contributed by atoms with Gasteiger partial charge in [0.2, 0.25) is 11.8 Å². The molecule has 5 rings (SSSR count). The van der Waals surface area contributed by atoms with Gasteiger partial charge in [-0.15, -0.1) is 0 Å². The van der Waals surface area contributed by atoms with E-state index >= 15 is 0 Å². The minimum Gasteiger partial charge on any atom is -0.497 e. The molecule has 2 amide bonds. The van der Waals surface area contributed by atoms with E-state index in [1.807, 2.05) is 35.2 Å². The van der Waals surface area contributed by atoms with Gasteiger partial charge in [0.1, 0.15) is 5.75 Å². The summed E-state index contributed by atoms with van der Waals surface area (Å²) in [6, 6.07) is 18.0. The zero-order chi connectivity index (χ0) is 21.4. The van der Waals surface area contributed by atoms with Crippen molar-refractivity contribution in [3.8, 4) is 5.75 Å². The van der Waals surface area contributed by atoms with Crippen LogP contribution in [-0.2, 0) is 9.59 Å². The van der Waals surface area contributed by atoms with Gasteiger partial charge in [0, 0.05) is 54.9 Å². The van der Waals surface area contributed by atoms with Gasteiger partial charge in [-0.2, -0.15) is 0 Å². The number of benzene rings is 2. The highest BCUT2D eigenvalue weighted by atomic mass is 16.5. The molecular formula is C25H27N3O3. The lowest BCUT2D eigenvalue weighted by molar-refractivity contribution is -0.136. The van der Waals surface area contributed by atoms with Gasteiger partial charge >= 0.3 is 0 Å². The summed E-state index contributed by atoms with van der Waals surface area (Å²) >= 11 is 0. The molecule has 2 saturated heterocycles. The first-order chi connectivity index (χ1) is 15.1. The number of nitrogens with one attached hydrogen (secondary N) is 1. The maximum absolute atomic E-state index is 13.1. The van der Waals surface area contributed by atoms with Gasteiger partial charge in [0.25, 0.3) is 0 Å². The first kappa shape index (κ1) is 19.7. The predicted molar refractivity (Wildman–Crippen MR) is 120 cm³/mol. The molecule has 0 aliphatic carbocycles. The maximum Gasteiger partial charge on any atom is 0.228 e. The summed E-state index contributed by atoms with van der Waals surface area (Å²) in [5.41, 5.74) is 3.21. The van der Waals surface area contributed by atoms with Crippen molar-refractivity contribution in [1.82, 2.24) is 9.88 Å². The molecule has 6 nitrogen and oxygen atoms in total. The van der Waals surface area contributed by atoms with Crippen LogP contribution in [0, 0.1) is 5.92 Å². The van der Waals surface area contributed by atoms with Crippen LogP contribution in [0.15, 0.2) is 54.6 Å². The highest BCUT2D eigenvalue weighted by Crippen LogP contribution is 2.33. The molecule has 2 aliphatic rings. The number of H-pyrrole nitrogens is 1. The number of piperidine rings is 1. The van der Waals surface area contributed by atoms with Crippen molar-refractivity contribution in [2.45, 2.75) is 25.2 Å². The van der Waals surface area contributed by atoms with Gasteiger partial charge in [-0.05, 0) is 42.5 Å². The van der Waals surface area contributed by atoms with E-state index in [0.29, 0.717) is 18.2 Å². The molecule has 2 aliphatic heterocycles. The van der Waals surface area contributed by atoms with Crippen molar-refractivity contribution in [3.05, 3.63) is 60.3 Å². The maximum atomic E-state index is 13.1. The minimum atomic E-state index is -0.275. The number of carbonyl (C=O) groups excluding carboxylic acids is 2. The molecule has 3 heterocycles. The van der Waals surface area contributed by atoms with Gasteiger partial charge in [0.05, 0.1) is 13.0 Å². The third-order valence-electron chi connectivity index (χ3n) is 6.64. The molecule has 3 aromatic rings. The highest BCUT2D eigenvalue weighted by molar-refractivity contribution is 6.00. The van der Waals surface area contributed by atoms with Crippen LogP contribution in [0.3, 0.4) is 0 Å². The van der Waals surface area contributed by atoms with Gasteiger partial charge < -0.3 is 19.5 Å². The van der Waals surface area contributed by atoms with Gasteiger partial charge in [-0.1, -0.05) is 24.3 Å². The fraction of sp³-hybridized carbons (Fsp3) is 0.360. The summed E-state index contributed by atoms with van der Waals surface area (Å²) in [7, 11) is 1.61. The molecule has 31 heavy (non-hydrogen) atoms. The Hall–Kier alpha value is -3.28. The van der Waals surface area contributed by atoms with Crippen molar-refractivity contribution in [2.75, 3.05) is 31.6 Å². The van der Waals surface area contributed by atoms with Crippen molar-refractivity contribution in [3.63, 3.8) is 0 Å². The number of para-hydroxylation sites is 1. The largest absolute Gasteiger partial charge is 0.497 e. The summed E-state index contributed by atoms with van der Waals surface area (Å²) < 4.78 is 5.27. The fourth-order valence-corrected chi connectivity index (χ4v) is 4.89. The average Bonchev–Trinajstić information content (AvgIpc) is 3.42. The molecule has 1 unspecified atom stereocenters. The van der Waals surface area contributed by atoms with Gasteiger partial charge in [-0.25, -0.2) is 0 Å². The van der Waals surface area contributed by atoms with E-state index in [4.69, 9.17) is 4.74 Å². The van der Waals surface area contributed by atoms with E-state index in [9.17, 15) is 9.59 Å². The summed E-state index contributed by atoms with van der Waals surface area (Å²) in [6.07, 6.45) is 2.16. The normalized spacial score (nSPS) is 19.9. The molecule has 0 bridgehead atoms. The van der Waals surface area contributed by atoms with Crippen molar-refractivity contribution in [1.29, 1.82) is 0 Å². The zero-order valence-electron chi connectivity index (χ0n) is 17.7. The molecule has 1 aromatic heterocycles. The lowest BCUT2D eigenvalue weighted by Gasteiger charge is -2.33. The average molecular weight is 418 g/mol. The zero-order valence-corrected chi connectivity index (χ0v) is 17.7. The third kappa shape index (κ3) is 3.78. The summed E-state index contributed by atoms with van der Waals surface area (Å²) in [5.74, 6) is 0.978. The topological polar surface area (TPSA) is 65.6 Å². The van der Waals surface area contributed by atoms with Crippen LogP contribution < -0.4 is 9.64 Å². The number of rotatable bonds is 4. The van der Waals surface area contributed by atoms with E-state index in [1.165, 1.54) is 11.1 Å². The molecule has 1 atom stereocenters. The summed E-state index contributed by atoms with van der Waals surface area (Å²) in [4.78, 5) is 32.9. The van der Waals surface area contributed by atoms with Gasteiger partial charge in [0.15, 0.2) is 0 Å². The number of hydrogen-bond acceptors (Lipinski definition) is 3. The van der Waals surface area contributed by atoms with E-state index in [-0.39, 0.29) is 24.2 Å². The standard InChI is InChI=1S/C25H27N3O3/c1-31-21-7-4-6-20(15-21)28-16-19(14-24(28)29)25(30)27-11-9-17(10-12-27)23-13-18-5-2-3-8-22(18)26-23/h2-8,13,15,17,19,26H,9-12,14,16H2,1H3. The number of aromatic nitrogens is 1. The Morgan fingerprint density at radius 1 is 1.06 bits per heavy atom. The number of hydrogen-bond donors (Lipinski definition) is 1. The Kier molecular flexibility index (Phi) is 5.14. The van der Waals surface area contributed by atoms with Crippen molar-refractivity contribution >= 4 is 28.4 Å². The predicted octanol–water partition coefficient (Wildman–Crippen LogP) is 3.94. The molecule has 2 aromatic carbocycles. The molecule has 0 spiro atoms. The number of nitrogens with zero attached hydrogens (tertiary/aromatic N) is 2. The first-order valence-electron chi connectivity index (χ1n) is 10.9. The second kappa shape index (κ2) is 8.10. The van der Waals surface area contributed by atoms with Crippen LogP contribution >= 0.6 is 0 Å². The lowest BCUT2D eigenvalue weighted by Crippen LogP contribution is -2.42. The summed E-state index contributed by atoms with van der Waals surface area (Å²) in [5, 5.41) is 1.23. The molecule has 6 heteroatoms. The summed E-state index contributed by atoms with van der Waals surface area (Å²) in [6.45, 7) is 1.91. The van der Waals surface area contributed by atoms with Crippen LogP contribution in [-0.4, -0.2) is 48.4 Å². The number of methoxy groups -OCH3 is 1. The van der Waals surface area contributed by atoms with E-state index in [2.05, 4.69) is 29.2 Å². The molecule has 160 valence electrons. The first-order valence-corrected chi connectivity index (χ1v) is 10.9. The fourth-order valence-electron chi connectivity index (χ4n) is 4.89. The van der Waals surface area contributed by atoms with Crippen LogP contribution in [0.2, 0.25) is 0 Å². The number of aromatic amines is 1. The van der Waals surface area contributed by atoms with Crippen LogP contribution in [0.4, 0.5) is 5.69 Å². The van der Waals surface area contributed by atoms with Gasteiger partial charge in [-0.3, -0.25) is 9.59 Å². The monoisotopic (exact) mass is 417 g/mol. The van der Waals surface area contributed by atoms with E-state index in [0.717, 1.165) is 37.1 Å². The number of likely N-dealkylation sites (tertiary alicyclic amines) is 1. The number of amides is 2. The Morgan fingerprint density at radius 3 is 2.65 bits per heavy atom. The molecule has 0 saturated carbocycles. The van der Waals surface area contributed by atoms with Crippen LogP contribution in [0.5, 0.6) is 5.75 Å². The Balaban J connectivity index is 1.22. The second-order valence-corrected chi connectivity index (χ2v) is 8.52. The Morgan fingerprint density at radius 2 is 1.87 bits per heavy atom. The third-order valence-corrected chi connectivity index (χ3v) is 6.64. The smallest absolute Gasteiger partial charge is 0.228 e. The minimum absolute atomic E-state index is 0.000403. The molecule has 2 fully saturated rings. The van der Waals surface area contributed by atoms with Crippen LogP contribution in [0.25, 0.3) is 10.9 Å². The van der Waals surface area contributed by atoms with Crippen molar-refractivity contribution < 1.29 is 14.3 Å². The van der Waals surface area contributed by atoms with Crippen LogP contribution in [0.1, 0.15) is 30.9 Å². The number of fused-ring (bicyclic) bond motifs is 1. The SMILES string of the molecule is COc1cccc(N2CC(C(=O)N3CCC(c4cc5ccccc5[nH]4)CC3)CC2=O)c1.